The molecule has 0 saturated heterocycles. The van der Waals surface area contributed by atoms with Gasteiger partial charge in [0, 0.05) is 11.3 Å². The van der Waals surface area contributed by atoms with Gasteiger partial charge in [0.25, 0.3) is 0 Å². The van der Waals surface area contributed by atoms with Crippen molar-refractivity contribution in [1.82, 2.24) is 19.5 Å². The summed E-state index contributed by atoms with van der Waals surface area (Å²) in [6, 6.07) is 15.9. The Bertz CT molecular complexity index is 977. The van der Waals surface area contributed by atoms with E-state index in [2.05, 4.69) is 15.0 Å². The number of nitrogens with two attached hydrogens (primary N) is 1. The van der Waals surface area contributed by atoms with Crippen molar-refractivity contribution in [2.75, 3.05) is 5.73 Å². The Morgan fingerprint density at radius 3 is 2.39 bits per heavy atom. The van der Waals surface area contributed by atoms with E-state index >= 15 is 0 Å². The number of imidazole rings is 1. The molecule has 0 saturated carbocycles. The fourth-order valence-electron chi connectivity index (χ4n) is 2.50. The van der Waals surface area contributed by atoms with Gasteiger partial charge in [0.2, 0.25) is 5.95 Å². The van der Waals surface area contributed by atoms with Crippen LogP contribution < -0.4 is 5.73 Å². The molecule has 4 aromatic rings. The molecule has 0 fully saturated rings. The van der Waals surface area contributed by atoms with Crippen molar-refractivity contribution < 1.29 is 4.39 Å². The molecule has 5 nitrogen and oxygen atoms in total. The SMILES string of the molecule is Nc1ncc2nc(-c3ccccc3)n(-c3ccc(F)cc3)c2n1. The molecule has 6 heteroatoms. The largest absolute Gasteiger partial charge is 0.368 e. The standard InChI is InChI=1S/C17H12FN5/c18-12-6-8-13(9-7-12)23-15(11-4-2-1-3-5-11)21-14-10-20-17(19)22-16(14)23/h1-10H,(H2,19,20,22). The van der Waals surface area contributed by atoms with E-state index < -0.39 is 0 Å². The Labute approximate surface area is 131 Å². The average Bonchev–Trinajstić information content (AvgIpc) is 2.95. The van der Waals surface area contributed by atoms with E-state index in [1.165, 1.54) is 12.1 Å². The summed E-state index contributed by atoms with van der Waals surface area (Å²) < 4.78 is 15.1. The smallest absolute Gasteiger partial charge is 0.222 e. The molecule has 0 aliphatic rings. The monoisotopic (exact) mass is 305 g/mol. The quantitative estimate of drug-likeness (QED) is 0.617. The van der Waals surface area contributed by atoms with Crippen LogP contribution in [0.25, 0.3) is 28.2 Å². The number of nitrogen functional groups attached to an aromatic ring is 1. The number of hydrogen-bond acceptors (Lipinski definition) is 4. The summed E-state index contributed by atoms with van der Waals surface area (Å²) in [7, 11) is 0. The van der Waals surface area contributed by atoms with Crippen molar-refractivity contribution in [3.8, 4) is 17.1 Å². The molecule has 0 atom stereocenters. The predicted molar refractivity (Wildman–Crippen MR) is 86.5 cm³/mol. The van der Waals surface area contributed by atoms with Crippen LogP contribution in [0.2, 0.25) is 0 Å². The minimum Gasteiger partial charge on any atom is -0.368 e. The van der Waals surface area contributed by atoms with Crippen molar-refractivity contribution in [2.24, 2.45) is 0 Å². The van der Waals surface area contributed by atoms with Crippen molar-refractivity contribution in [2.45, 2.75) is 0 Å². The predicted octanol–water partition coefficient (Wildman–Crippen LogP) is 3.20. The fraction of sp³-hybridized carbons (Fsp3) is 0. The van der Waals surface area contributed by atoms with Gasteiger partial charge in [0.15, 0.2) is 5.65 Å². The summed E-state index contributed by atoms with van der Waals surface area (Å²) in [5.41, 5.74) is 8.61. The first kappa shape index (κ1) is 13.4. The first-order valence-corrected chi connectivity index (χ1v) is 7.05. The van der Waals surface area contributed by atoms with Gasteiger partial charge in [-0.15, -0.1) is 0 Å². The molecule has 0 aliphatic carbocycles. The lowest BCUT2D eigenvalue weighted by molar-refractivity contribution is 0.627. The van der Waals surface area contributed by atoms with Crippen LogP contribution in [-0.4, -0.2) is 19.5 Å². The van der Waals surface area contributed by atoms with Crippen LogP contribution in [0.15, 0.2) is 60.8 Å². The molecule has 0 radical (unpaired) electrons. The highest BCUT2D eigenvalue weighted by Crippen LogP contribution is 2.27. The Balaban J connectivity index is 2.06. The Hall–Kier alpha value is -3.28. The molecule has 0 bridgehead atoms. The van der Waals surface area contributed by atoms with Crippen LogP contribution >= 0.6 is 0 Å². The number of nitrogens with zero attached hydrogens (tertiary/aromatic N) is 4. The first-order valence-electron chi connectivity index (χ1n) is 7.05. The van der Waals surface area contributed by atoms with Gasteiger partial charge in [-0.05, 0) is 24.3 Å². The van der Waals surface area contributed by atoms with Crippen molar-refractivity contribution in [3.63, 3.8) is 0 Å². The lowest BCUT2D eigenvalue weighted by atomic mass is 10.2. The molecule has 2 aromatic carbocycles. The first-order chi connectivity index (χ1) is 11.2. The normalized spacial score (nSPS) is 11.0. The third-order valence-electron chi connectivity index (χ3n) is 3.54. The number of hydrogen-bond donors (Lipinski definition) is 1. The molecular weight excluding hydrogens is 293 g/mol. The van der Waals surface area contributed by atoms with Crippen molar-refractivity contribution in [1.29, 1.82) is 0 Å². The van der Waals surface area contributed by atoms with E-state index in [0.717, 1.165) is 11.3 Å². The number of fused-ring (bicyclic) bond motifs is 1. The fourth-order valence-corrected chi connectivity index (χ4v) is 2.50. The topological polar surface area (TPSA) is 69.6 Å². The molecule has 0 spiro atoms. The molecule has 0 aliphatic heterocycles. The van der Waals surface area contributed by atoms with Crippen molar-refractivity contribution >= 4 is 17.1 Å². The Morgan fingerprint density at radius 2 is 1.65 bits per heavy atom. The lowest BCUT2D eigenvalue weighted by Crippen LogP contribution is -2.01. The number of halogens is 1. The zero-order valence-corrected chi connectivity index (χ0v) is 12.0. The van der Waals surface area contributed by atoms with Crippen LogP contribution in [0.5, 0.6) is 0 Å². The Morgan fingerprint density at radius 1 is 0.913 bits per heavy atom. The minimum atomic E-state index is -0.298. The van der Waals surface area contributed by atoms with E-state index in [1.807, 2.05) is 34.9 Å². The van der Waals surface area contributed by atoms with Gasteiger partial charge in [0.1, 0.15) is 17.2 Å². The zero-order valence-electron chi connectivity index (χ0n) is 12.0. The molecule has 2 aromatic heterocycles. The van der Waals surface area contributed by atoms with Gasteiger partial charge in [-0.2, -0.15) is 4.98 Å². The van der Waals surface area contributed by atoms with Gasteiger partial charge < -0.3 is 5.73 Å². The highest BCUT2D eigenvalue weighted by atomic mass is 19.1. The number of rotatable bonds is 2. The molecule has 2 N–H and O–H groups in total. The second-order valence-corrected chi connectivity index (χ2v) is 5.05. The zero-order chi connectivity index (χ0) is 15.8. The summed E-state index contributed by atoms with van der Waals surface area (Å²) in [5, 5.41) is 0. The van der Waals surface area contributed by atoms with E-state index in [9.17, 15) is 4.39 Å². The van der Waals surface area contributed by atoms with Gasteiger partial charge >= 0.3 is 0 Å². The summed E-state index contributed by atoms with van der Waals surface area (Å²) >= 11 is 0. The number of anilines is 1. The van der Waals surface area contributed by atoms with E-state index in [1.54, 1.807) is 18.3 Å². The van der Waals surface area contributed by atoms with Gasteiger partial charge in [-0.25, -0.2) is 14.4 Å². The van der Waals surface area contributed by atoms with Crippen LogP contribution in [0.3, 0.4) is 0 Å². The maximum atomic E-state index is 13.3. The molecule has 2 heterocycles. The van der Waals surface area contributed by atoms with E-state index in [4.69, 9.17) is 5.73 Å². The highest BCUT2D eigenvalue weighted by molar-refractivity contribution is 5.80. The third kappa shape index (κ3) is 2.30. The summed E-state index contributed by atoms with van der Waals surface area (Å²) in [4.78, 5) is 12.9. The van der Waals surface area contributed by atoms with Crippen LogP contribution in [-0.2, 0) is 0 Å². The molecule has 112 valence electrons. The second-order valence-electron chi connectivity index (χ2n) is 5.05. The molecular formula is C17H12FN5. The minimum absolute atomic E-state index is 0.167. The highest BCUT2D eigenvalue weighted by Gasteiger charge is 2.16. The second kappa shape index (κ2) is 5.17. The number of benzene rings is 2. The maximum absolute atomic E-state index is 13.3. The number of aromatic nitrogens is 4. The molecule has 23 heavy (non-hydrogen) atoms. The van der Waals surface area contributed by atoms with Crippen LogP contribution in [0.4, 0.5) is 10.3 Å². The summed E-state index contributed by atoms with van der Waals surface area (Å²) in [6.45, 7) is 0. The summed E-state index contributed by atoms with van der Waals surface area (Å²) in [6.07, 6.45) is 1.59. The maximum Gasteiger partial charge on any atom is 0.222 e. The van der Waals surface area contributed by atoms with E-state index in [0.29, 0.717) is 17.0 Å². The Kier molecular flexibility index (Phi) is 3.01. The van der Waals surface area contributed by atoms with Crippen LogP contribution in [0, 0.1) is 5.82 Å². The lowest BCUT2D eigenvalue weighted by Gasteiger charge is -2.09. The molecule has 0 unspecified atom stereocenters. The summed E-state index contributed by atoms with van der Waals surface area (Å²) in [5.74, 6) is 0.570. The molecule has 4 rings (SSSR count). The van der Waals surface area contributed by atoms with Gasteiger partial charge in [-0.3, -0.25) is 4.57 Å². The van der Waals surface area contributed by atoms with E-state index in [-0.39, 0.29) is 11.8 Å². The van der Waals surface area contributed by atoms with Crippen LogP contribution in [0.1, 0.15) is 0 Å². The molecule has 0 amide bonds. The van der Waals surface area contributed by atoms with Crippen molar-refractivity contribution in [3.05, 3.63) is 66.6 Å². The third-order valence-corrected chi connectivity index (χ3v) is 3.54. The average molecular weight is 305 g/mol. The van der Waals surface area contributed by atoms with Gasteiger partial charge in [-0.1, -0.05) is 30.3 Å². The van der Waals surface area contributed by atoms with Gasteiger partial charge in [0.05, 0.1) is 6.20 Å².